The van der Waals surface area contributed by atoms with Crippen molar-refractivity contribution in [1.82, 2.24) is 4.98 Å². The summed E-state index contributed by atoms with van der Waals surface area (Å²) in [6, 6.07) is 5.90. The molecule has 1 aromatic carbocycles. The fourth-order valence-corrected chi connectivity index (χ4v) is 3.29. The molecule has 0 fully saturated rings. The summed E-state index contributed by atoms with van der Waals surface area (Å²) in [5.41, 5.74) is 4.95. The number of ketones is 1. The van der Waals surface area contributed by atoms with Gasteiger partial charge in [0.1, 0.15) is 5.75 Å². The number of carbonyl (C=O) groups is 1. The molecule has 1 aliphatic rings. The van der Waals surface area contributed by atoms with Crippen molar-refractivity contribution in [2.75, 3.05) is 6.61 Å². The lowest BCUT2D eigenvalue weighted by molar-refractivity contribution is 0.0972. The van der Waals surface area contributed by atoms with Crippen molar-refractivity contribution in [2.24, 2.45) is 0 Å². The topological polar surface area (TPSA) is 39.2 Å². The van der Waals surface area contributed by atoms with Gasteiger partial charge in [-0.05, 0) is 37.5 Å². The second kappa shape index (κ2) is 5.75. The standard InChI is InChI=1S/C16H17NO2S/c1-11-16(20-10-17-11)7-8-19-13-6-5-12-3-2-4-15(18)14(12)9-13/h5-6,9-10H,2-4,7-8H2,1H3. The average Bonchev–Trinajstić information content (AvgIpc) is 2.85. The van der Waals surface area contributed by atoms with Gasteiger partial charge < -0.3 is 4.74 Å². The molecule has 1 aliphatic carbocycles. The molecule has 0 unspecified atom stereocenters. The Balaban J connectivity index is 1.65. The van der Waals surface area contributed by atoms with Crippen LogP contribution in [0.25, 0.3) is 0 Å². The summed E-state index contributed by atoms with van der Waals surface area (Å²) in [5.74, 6) is 1.04. The van der Waals surface area contributed by atoms with E-state index in [4.69, 9.17) is 4.74 Å². The van der Waals surface area contributed by atoms with Gasteiger partial charge in [-0.2, -0.15) is 0 Å². The molecule has 20 heavy (non-hydrogen) atoms. The highest BCUT2D eigenvalue weighted by Gasteiger charge is 2.17. The lowest BCUT2D eigenvalue weighted by Crippen LogP contribution is -2.11. The summed E-state index contributed by atoms with van der Waals surface area (Å²) >= 11 is 1.66. The highest BCUT2D eigenvalue weighted by molar-refractivity contribution is 7.09. The first-order valence-corrected chi connectivity index (χ1v) is 7.80. The number of hydrogen-bond donors (Lipinski definition) is 0. The zero-order valence-corrected chi connectivity index (χ0v) is 12.3. The molecule has 0 aliphatic heterocycles. The van der Waals surface area contributed by atoms with Gasteiger partial charge in [-0.1, -0.05) is 6.07 Å². The molecule has 0 saturated heterocycles. The van der Waals surface area contributed by atoms with Gasteiger partial charge in [0.05, 0.1) is 17.8 Å². The minimum absolute atomic E-state index is 0.245. The summed E-state index contributed by atoms with van der Waals surface area (Å²) in [6.07, 6.45) is 3.50. The van der Waals surface area contributed by atoms with Crippen LogP contribution in [0.15, 0.2) is 23.7 Å². The Hall–Kier alpha value is -1.68. The van der Waals surface area contributed by atoms with E-state index in [1.165, 1.54) is 4.88 Å². The maximum absolute atomic E-state index is 11.9. The summed E-state index contributed by atoms with van der Waals surface area (Å²) in [6.45, 7) is 2.64. The number of thiazole rings is 1. The Kier molecular flexibility index (Phi) is 3.83. The molecule has 1 heterocycles. The second-order valence-electron chi connectivity index (χ2n) is 5.06. The van der Waals surface area contributed by atoms with Crippen LogP contribution in [0.1, 0.15) is 39.3 Å². The molecule has 0 saturated carbocycles. The maximum atomic E-state index is 11.9. The molecule has 2 aromatic rings. The van der Waals surface area contributed by atoms with E-state index in [0.717, 1.165) is 41.8 Å². The van der Waals surface area contributed by atoms with E-state index in [1.54, 1.807) is 11.3 Å². The first-order chi connectivity index (χ1) is 9.74. The summed E-state index contributed by atoms with van der Waals surface area (Å²) in [7, 11) is 0. The predicted molar refractivity (Wildman–Crippen MR) is 79.8 cm³/mol. The first-order valence-electron chi connectivity index (χ1n) is 6.92. The SMILES string of the molecule is Cc1ncsc1CCOc1ccc2c(c1)C(=O)CCC2. The zero-order chi connectivity index (χ0) is 13.9. The number of aryl methyl sites for hydroxylation is 2. The number of ether oxygens (including phenoxy) is 1. The number of carbonyl (C=O) groups excluding carboxylic acids is 1. The van der Waals surface area contributed by atoms with Gasteiger partial charge in [0.2, 0.25) is 0 Å². The van der Waals surface area contributed by atoms with Crippen molar-refractivity contribution in [3.05, 3.63) is 45.4 Å². The van der Waals surface area contributed by atoms with Crippen LogP contribution in [0.2, 0.25) is 0 Å². The van der Waals surface area contributed by atoms with Crippen molar-refractivity contribution in [3.8, 4) is 5.75 Å². The molecule has 0 spiro atoms. The monoisotopic (exact) mass is 287 g/mol. The summed E-state index contributed by atoms with van der Waals surface area (Å²) in [5, 5.41) is 0. The average molecular weight is 287 g/mol. The molecule has 3 rings (SSSR count). The van der Waals surface area contributed by atoms with Crippen molar-refractivity contribution in [3.63, 3.8) is 0 Å². The quantitative estimate of drug-likeness (QED) is 0.862. The van der Waals surface area contributed by atoms with Crippen molar-refractivity contribution >= 4 is 17.1 Å². The third-order valence-corrected chi connectivity index (χ3v) is 4.67. The van der Waals surface area contributed by atoms with E-state index in [-0.39, 0.29) is 5.78 Å². The second-order valence-corrected chi connectivity index (χ2v) is 5.99. The number of Topliss-reactive ketones (excluding diaryl/α,β-unsaturated/α-hetero) is 1. The largest absolute Gasteiger partial charge is 0.493 e. The van der Waals surface area contributed by atoms with E-state index in [1.807, 2.05) is 30.6 Å². The molecule has 0 amide bonds. The Labute approximate surface area is 122 Å². The molecule has 3 nitrogen and oxygen atoms in total. The van der Waals surface area contributed by atoms with Crippen LogP contribution in [0, 0.1) is 6.92 Å². The number of nitrogens with zero attached hydrogens (tertiary/aromatic N) is 1. The lowest BCUT2D eigenvalue weighted by atomic mass is 9.90. The van der Waals surface area contributed by atoms with E-state index in [9.17, 15) is 4.79 Å². The minimum atomic E-state index is 0.245. The van der Waals surface area contributed by atoms with Gasteiger partial charge in [0.15, 0.2) is 5.78 Å². The molecule has 0 radical (unpaired) electrons. The van der Waals surface area contributed by atoms with Crippen LogP contribution in [0.4, 0.5) is 0 Å². The van der Waals surface area contributed by atoms with E-state index in [2.05, 4.69) is 4.98 Å². The highest BCUT2D eigenvalue weighted by atomic mass is 32.1. The molecule has 4 heteroatoms. The number of aromatic nitrogens is 1. The molecular weight excluding hydrogens is 270 g/mol. The van der Waals surface area contributed by atoms with Crippen molar-refractivity contribution < 1.29 is 9.53 Å². The van der Waals surface area contributed by atoms with Gasteiger partial charge in [-0.15, -0.1) is 11.3 Å². The Morgan fingerprint density at radius 2 is 2.25 bits per heavy atom. The third-order valence-electron chi connectivity index (χ3n) is 3.67. The zero-order valence-electron chi connectivity index (χ0n) is 11.5. The van der Waals surface area contributed by atoms with Crippen molar-refractivity contribution in [1.29, 1.82) is 0 Å². The lowest BCUT2D eigenvalue weighted by Gasteiger charge is -2.15. The maximum Gasteiger partial charge on any atom is 0.163 e. The fourth-order valence-electron chi connectivity index (χ4n) is 2.52. The van der Waals surface area contributed by atoms with Gasteiger partial charge in [0.25, 0.3) is 0 Å². The van der Waals surface area contributed by atoms with Crippen LogP contribution in [-0.2, 0) is 12.8 Å². The van der Waals surface area contributed by atoms with Crippen LogP contribution < -0.4 is 4.74 Å². The Morgan fingerprint density at radius 3 is 3.05 bits per heavy atom. The summed E-state index contributed by atoms with van der Waals surface area (Å²) < 4.78 is 5.78. The van der Waals surface area contributed by atoms with E-state index in [0.29, 0.717) is 13.0 Å². The van der Waals surface area contributed by atoms with Gasteiger partial charge in [-0.3, -0.25) is 4.79 Å². The first kappa shape index (κ1) is 13.3. The number of hydrogen-bond acceptors (Lipinski definition) is 4. The molecule has 0 atom stereocenters. The summed E-state index contributed by atoms with van der Waals surface area (Å²) in [4.78, 5) is 17.4. The van der Waals surface area contributed by atoms with Crippen LogP contribution in [-0.4, -0.2) is 17.4 Å². The highest BCUT2D eigenvalue weighted by Crippen LogP contribution is 2.25. The number of rotatable bonds is 4. The van der Waals surface area contributed by atoms with E-state index >= 15 is 0 Å². The van der Waals surface area contributed by atoms with E-state index < -0.39 is 0 Å². The molecule has 104 valence electrons. The van der Waals surface area contributed by atoms with Crippen LogP contribution in [0.5, 0.6) is 5.75 Å². The van der Waals surface area contributed by atoms with Gasteiger partial charge >= 0.3 is 0 Å². The predicted octanol–water partition coefficient (Wildman–Crippen LogP) is 3.59. The van der Waals surface area contributed by atoms with Crippen LogP contribution >= 0.6 is 11.3 Å². The Morgan fingerprint density at radius 1 is 1.35 bits per heavy atom. The number of fused-ring (bicyclic) bond motifs is 1. The van der Waals surface area contributed by atoms with Crippen molar-refractivity contribution in [2.45, 2.75) is 32.6 Å². The van der Waals surface area contributed by atoms with Crippen LogP contribution in [0.3, 0.4) is 0 Å². The molecule has 1 aromatic heterocycles. The smallest absolute Gasteiger partial charge is 0.163 e. The van der Waals surface area contributed by atoms with Gasteiger partial charge in [0, 0.05) is 23.3 Å². The van der Waals surface area contributed by atoms with Gasteiger partial charge in [-0.25, -0.2) is 4.98 Å². The Bertz CT molecular complexity index is 633. The third kappa shape index (κ3) is 2.75. The normalized spacial score (nSPS) is 14.2. The molecular formula is C16H17NO2S. The molecule has 0 bridgehead atoms. The minimum Gasteiger partial charge on any atom is -0.493 e. The fraction of sp³-hybridized carbons (Fsp3) is 0.375. The molecule has 0 N–H and O–H groups in total. The number of benzene rings is 1.